The normalized spacial score (nSPS) is 16.6. The molecule has 1 aliphatic heterocycles. The zero-order valence-corrected chi connectivity index (χ0v) is 17.5. The van der Waals surface area contributed by atoms with Crippen molar-refractivity contribution in [3.63, 3.8) is 0 Å². The van der Waals surface area contributed by atoms with E-state index in [1.165, 1.54) is 12.1 Å². The van der Waals surface area contributed by atoms with Crippen LogP contribution in [0.5, 0.6) is 5.75 Å². The van der Waals surface area contributed by atoms with Crippen LogP contribution in [0.15, 0.2) is 36.5 Å². The van der Waals surface area contributed by atoms with Gasteiger partial charge in [0.15, 0.2) is 0 Å². The molecule has 1 aliphatic rings. The fraction of sp³-hybridized carbons (Fsp3) is 0.429. The van der Waals surface area contributed by atoms with Crippen LogP contribution in [0.25, 0.3) is 0 Å². The van der Waals surface area contributed by atoms with Crippen LogP contribution >= 0.6 is 11.6 Å². The first kappa shape index (κ1) is 21.2. The second kappa shape index (κ2) is 8.86. The molecule has 2 heterocycles. The van der Waals surface area contributed by atoms with Gasteiger partial charge in [-0.3, -0.25) is 0 Å². The molecule has 8 heteroatoms. The number of anilines is 1. The molecule has 1 saturated heterocycles. The van der Waals surface area contributed by atoms with Gasteiger partial charge in [-0.25, -0.2) is 14.2 Å². The predicted octanol–water partition coefficient (Wildman–Crippen LogP) is 4.56. The first-order chi connectivity index (χ1) is 13.7. The van der Waals surface area contributed by atoms with Crippen LogP contribution in [0, 0.1) is 5.82 Å². The summed E-state index contributed by atoms with van der Waals surface area (Å²) in [4.78, 5) is 18.4. The van der Waals surface area contributed by atoms with Crippen molar-refractivity contribution in [2.75, 3.05) is 18.0 Å². The Kier molecular flexibility index (Phi) is 6.47. The van der Waals surface area contributed by atoms with E-state index < -0.39 is 11.7 Å². The smallest absolute Gasteiger partial charge is 0.407 e. The number of alkyl carbamates (subject to hydrolysis) is 1. The molecule has 156 valence electrons. The van der Waals surface area contributed by atoms with Crippen molar-refractivity contribution in [1.82, 2.24) is 10.3 Å². The van der Waals surface area contributed by atoms with E-state index in [1.54, 1.807) is 24.4 Å². The summed E-state index contributed by atoms with van der Waals surface area (Å²) >= 11 is 6.41. The number of pyridine rings is 1. The highest BCUT2D eigenvalue weighted by atomic mass is 35.5. The maximum absolute atomic E-state index is 13.0. The standard InChI is InChI=1S/C21H25ClFN3O3/c1-21(2,3)29-20(27)25-16-8-9-26(12-16)19-18(22)10-17(11-24-19)28-13-14-4-6-15(23)7-5-14/h4-7,10-11,16H,8-9,12-13H2,1-3H3,(H,25,27). The molecule has 29 heavy (non-hydrogen) atoms. The van der Waals surface area contributed by atoms with Crippen LogP contribution in [0.4, 0.5) is 15.0 Å². The number of nitrogens with one attached hydrogen (secondary N) is 1. The molecule has 1 amide bonds. The van der Waals surface area contributed by atoms with Gasteiger partial charge in [0.2, 0.25) is 0 Å². The second-order valence-corrected chi connectivity index (χ2v) is 8.38. The zero-order valence-electron chi connectivity index (χ0n) is 16.7. The highest BCUT2D eigenvalue weighted by Gasteiger charge is 2.28. The van der Waals surface area contributed by atoms with Crippen LogP contribution in [-0.4, -0.2) is 35.8 Å². The van der Waals surface area contributed by atoms with Gasteiger partial charge in [0.05, 0.1) is 17.3 Å². The molecule has 0 bridgehead atoms. The van der Waals surface area contributed by atoms with E-state index in [0.717, 1.165) is 18.5 Å². The number of benzene rings is 1. The van der Waals surface area contributed by atoms with Crippen molar-refractivity contribution in [3.05, 3.63) is 52.9 Å². The Labute approximate surface area is 175 Å². The minimum absolute atomic E-state index is 0.0304. The summed E-state index contributed by atoms with van der Waals surface area (Å²) in [6.07, 6.45) is 1.97. The van der Waals surface area contributed by atoms with Gasteiger partial charge in [-0.15, -0.1) is 0 Å². The molecule has 2 aromatic rings. The average molecular weight is 422 g/mol. The summed E-state index contributed by atoms with van der Waals surface area (Å²) in [5.41, 5.74) is 0.318. The third-order valence-corrected chi connectivity index (χ3v) is 4.60. The molecule has 1 atom stereocenters. The lowest BCUT2D eigenvalue weighted by Crippen LogP contribution is -2.40. The van der Waals surface area contributed by atoms with Crippen LogP contribution < -0.4 is 15.0 Å². The van der Waals surface area contributed by atoms with Crippen molar-refractivity contribution in [3.8, 4) is 5.75 Å². The maximum Gasteiger partial charge on any atom is 0.407 e. The first-order valence-corrected chi connectivity index (χ1v) is 9.85. The highest BCUT2D eigenvalue weighted by molar-refractivity contribution is 6.33. The van der Waals surface area contributed by atoms with E-state index >= 15 is 0 Å². The first-order valence-electron chi connectivity index (χ1n) is 9.47. The van der Waals surface area contributed by atoms with Crippen LogP contribution in [0.3, 0.4) is 0 Å². The molecule has 1 N–H and O–H groups in total. The molecular weight excluding hydrogens is 397 g/mol. The molecular formula is C21H25ClFN3O3. The summed E-state index contributed by atoms with van der Waals surface area (Å²) in [5, 5.41) is 3.36. The Bertz CT molecular complexity index is 855. The van der Waals surface area contributed by atoms with Gasteiger partial charge < -0.3 is 19.7 Å². The fourth-order valence-corrected chi connectivity index (χ4v) is 3.29. The number of rotatable bonds is 5. The Balaban J connectivity index is 1.55. The van der Waals surface area contributed by atoms with Gasteiger partial charge in [0, 0.05) is 19.2 Å². The molecule has 1 aromatic heterocycles. The van der Waals surface area contributed by atoms with E-state index in [4.69, 9.17) is 21.1 Å². The van der Waals surface area contributed by atoms with Crippen molar-refractivity contribution in [2.45, 2.75) is 45.4 Å². The van der Waals surface area contributed by atoms with Crippen LogP contribution in [-0.2, 0) is 11.3 Å². The van der Waals surface area contributed by atoms with E-state index in [2.05, 4.69) is 10.3 Å². The average Bonchev–Trinajstić information content (AvgIpc) is 3.07. The van der Waals surface area contributed by atoms with Gasteiger partial charge in [-0.05, 0) is 44.9 Å². The molecule has 0 aliphatic carbocycles. The number of aromatic nitrogens is 1. The molecule has 6 nitrogen and oxygen atoms in total. The maximum atomic E-state index is 13.0. The van der Waals surface area contributed by atoms with E-state index in [1.807, 2.05) is 25.7 Å². The molecule has 0 radical (unpaired) electrons. The molecule has 1 aromatic carbocycles. The Morgan fingerprint density at radius 3 is 2.72 bits per heavy atom. The van der Waals surface area contributed by atoms with E-state index in [0.29, 0.717) is 29.7 Å². The van der Waals surface area contributed by atoms with Crippen molar-refractivity contribution >= 4 is 23.5 Å². The Morgan fingerprint density at radius 2 is 2.07 bits per heavy atom. The molecule has 3 rings (SSSR count). The van der Waals surface area contributed by atoms with E-state index in [9.17, 15) is 9.18 Å². The summed E-state index contributed by atoms with van der Waals surface area (Å²) < 4.78 is 24.0. The quantitative estimate of drug-likeness (QED) is 0.766. The Hall–Kier alpha value is -2.54. The van der Waals surface area contributed by atoms with Gasteiger partial charge in [-0.2, -0.15) is 0 Å². The summed E-state index contributed by atoms with van der Waals surface area (Å²) in [5.74, 6) is 0.896. The third kappa shape index (κ3) is 6.22. The number of halogens is 2. The van der Waals surface area contributed by atoms with Gasteiger partial charge in [-0.1, -0.05) is 23.7 Å². The molecule has 1 unspecified atom stereocenters. The third-order valence-electron chi connectivity index (χ3n) is 4.32. The lowest BCUT2D eigenvalue weighted by molar-refractivity contribution is 0.0509. The molecule has 1 fully saturated rings. The second-order valence-electron chi connectivity index (χ2n) is 7.97. The van der Waals surface area contributed by atoms with Gasteiger partial charge >= 0.3 is 6.09 Å². The van der Waals surface area contributed by atoms with Crippen LogP contribution in [0.2, 0.25) is 5.02 Å². The van der Waals surface area contributed by atoms with Gasteiger partial charge in [0.1, 0.15) is 29.6 Å². The monoisotopic (exact) mass is 421 g/mol. The lowest BCUT2D eigenvalue weighted by Gasteiger charge is -2.22. The number of carbonyl (C=O) groups is 1. The predicted molar refractivity (Wildman–Crippen MR) is 110 cm³/mol. The highest BCUT2D eigenvalue weighted by Crippen LogP contribution is 2.30. The molecule has 0 saturated carbocycles. The van der Waals surface area contributed by atoms with E-state index in [-0.39, 0.29) is 11.9 Å². The minimum Gasteiger partial charge on any atom is -0.487 e. The SMILES string of the molecule is CC(C)(C)OC(=O)NC1CCN(c2ncc(OCc3ccc(F)cc3)cc2Cl)C1. The topological polar surface area (TPSA) is 63.7 Å². The minimum atomic E-state index is -0.531. The number of nitrogens with zero attached hydrogens (tertiary/aromatic N) is 2. The number of hydrogen-bond acceptors (Lipinski definition) is 5. The largest absolute Gasteiger partial charge is 0.487 e. The number of carbonyl (C=O) groups excluding carboxylic acids is 1. The van der Waals surface area contributed by atoms with Crippen molar-refractivity contribution in [1.29, 1.82) is 0 Å². The zero-order chi connectivity index (χ0) is 21.0. The molecule has 0 spiro atoms. The fourth-order valence-electron chi connectivity index (χ4n) is 3.02. The van der Waals surface area contributed by atoms with Crippen molar-refractivity contribution in [2.24, 2.45) is 0 Å². The summed E-state index contributed by atoms with van der Waals surface area (Å²) in [6, 6.07) is 7.80. The lowest BCUT2D eigenvalue weighted by atomic mass is 10.2. The summed E-state index contributed by atoms with van der Waals surface area (Å²) in [7, 11) is 0. The van der Waals surface area contributed by atoms with Gasteiger partial charge in [0.25, 0.3) is 0 Å². The Morgan fingerprint density at radius 1 is 1.34 bits per heavy atom. The van der Waals surface area contributed by atoms with Crippen LogP contribution in [0.1, 0.15) is 32.8 Å². The number of hydrogen-bond donors (Lipinski definition) is 1. The number of ether oxygens (including phenoxy) is 2. The number of amides is 1. The summed E-state index contributed by atoms with van der Waals surface area (Å²) in [6.45, 7) is 7.11. The van der Waals surface area contributed by atoms with Crippen molar-refractivity contribution < 1.29 is 18.7 Å².